The van der Waals surface area contributed by atoms with Gasteiger partial charge in [-0.15, -0.1) is 11.8 Å². The van der Waals surface area contributed by atoms with Crippen LogP contribution in [-0.4, -0.2) is 23.5 Å². The van der Waals surface area contributed by atoms with Gasteiger partial charge >= 0.3 is 0 Å². The number of carbonyl (C=O) groups excluding carboxylic acids is 3. The van der Waals surface area contributed by atoms with Gasteiger partial charge in [0, 0.05) is 4.90 Å². The number of hydrogen-bond acceptors (Lipinski definition) is 4. The summed E-state index contributed by atoms with van der Waals surface area (Å²) < 4.78 is 0. The van der Waals surface area contributed by atoms with Crippen LogP contribution in [0.15, 0.2) is 53.4 Å². The second-order valence-electron chi connectivity index (χ2n) is 4.66. The molecule has 22 heavy (non-hydrogen) atoms. The Hall–Kier alpha value is -2.60. The molecule has 110 valence electrons. The summed E-state index contributed by atoms with van der Waals surface area (Å²) in [5, 5.41) is 4.91. The number of carbonyl (C=O) groups is 3. The number of rotatable bonds is 4. The molecule has 0 spiro atoms. The van der Waals surface area contributed by atoms with E-state index in [-0.39, 0.29) is 17.2 Å². The SMILES string of the molecule is O=C(CSc1ccccc1)Nc1cccc2c1C(=O)NC2=O. The highest BCUT2D eigenvalue weighted by Crippen LogP contribution is 2.25. The molecule has 0 aliphatic carbocycles. The molecule has 1 aliphatic rings. The molecule has 0 atom stereocenters. The summed E-state index contributed by atoms with van der Waals surface area (Å²) in [6.07, 6.45) is 0. The summed E-state index contributed by atoms with van der Waals surface area (Å²) in [5.41, 5.74) is 0.878. The van der Waals surface area contributed by atoms with Crippen LogP contribution in [-0.2, 0) is 4.79 Å². The largest absolute Gasteiger partial charge is 0.325 e. The first-order valence-electron chi connectivity index (χ1n) is 6.61. The minimum absolute atomic E-state index is 0.225. The molecule has 1 heterocycles. The lowest BCUT2D eigenvalue weighted by atomic mass is 10.1. The summed E-state index contributed by atoms with van der Waals surface area (Å²) in [6.45, 7) is 0. The van der Waals surface area contributed by atoms with Gasteiger partial charge in [-0.3, -0.25) is 19.7 Å². The van der Waals surface area contributed by atoms with Gasteiger partial charge in [0.1, 0.15) is 0 Å². The van der Waals surface area contributed by atoms with Crippen molar-refractivity contribution in [2.24, 2.45) is 0 Å². The first-order chi connectivity index (χ1) is 10.6. The molecule has 3 amide bonds. The highest BCUT2D eigenvalue weighted by atomic mass is 32.2. The lowest BCUT2D eigenvalue weighted by Crippen LogP contribution is -2.21. The molecule has 0 radical (unpaired) electrons. The van der Waals surface area contributed by atoms with Crippen LogP contribution < -0.4 is 10.6 Å². The third kappa shape index (κ3) is 2.87. The number of anilines is 1. The zero-order valence-corrected chi connectivity index (χ0v) is 12.3. The van der Waals surface area contributed by atoms with Crippen LogP contribution in [0.4, 0.5) is 5.69 Å². The fourth-order valence-electron chi connectivity index (χ4n) is 2.18. The van der Waals surface area contributed by atoms with Gasteiger partial charge in [0.2, 0.25) is 5.91 Å². The van der Waals surface area contributed by atoms with Crippen LogP contribution in [0.1, 0.15) is 20.7 Å². The zero-order chi connectivity index (χ0) is 15.5. The van der Waals surface area contributed by atoms with Crippen LogP contribution in [0.2, 0.25) is 0 Å². The van der Waals surface area contributed by atoms with Crippen LogP contribution in [0.25, 0.3) is 0 Å². The predicted molar refractivity (Wildman–Crippen MR) is 84.0 cm³/mol. The quantitative estimate of drug-likeness (QED) is 0.671. The molecule has 0 saturated heterocycles. The number of amides is 3. The Labute approximate surface area is 131 Å². The fraction of sp³-hybridized carbons (Fsp3) is 0.0625. The molecule has 2 N–H and O–H groups in total. The third-order valence-electron chi connectivity index (χ3n) is 3.15. The lowest BCUT2D eigenvalue weighted by molar-refractivity contribution is -0.113. The summed E-state index contributed by atoms with van der Waals surface area (Å²) in [7, 11) is 0. The smallest absolute Gasteiger partial charge is 0.261 e. The average Bonchev–Trinajstić information content (AvgIpc) is 2.82. The normalized spacial score (nSPS) is 12.7. The predicted octanol–water partition coefficient (Wildman–Crippen LogP) is 2.30. The molecule has 1 aliphatic heterocycles. The van der Waals surface area contributed by atoms with Gasteiger partial charge < -0.3 is 5.32 Å². The van der Waals surface area contributed by atoms with Crippen molar-refractivity contribution in [1.82, 2.24) is 5.32 Å². The summed E-state index contributed by atoms with van der Waals surface area (Å²) in [6, 6.07) is 14.4. The van der Waals surface area contributed by atoms with Gasteiger partial charge in [-0.25, -0.2) is 0 Å². The monoisotopic (exact) mass is 312 g/mol. The van der Waals surface area contributed by atoms with E-state index in [9.17, 15) is 14.4 Å². The molecular formula is C16H12N2O3S. The second-order valence-corrected chi connectivity index (χ2v) is 5.71. The van der Waals surface area contributed by atoms with Gasteiger partial charge in [0.15, 0.2) is 0 Å². The Morgan fingerprint density at radius 1 is 1.00 bits per heavy atom. The number of hydrogen-bond donors (Lipinski definition) is 2. The van der Waals surface area contributed by atoms with Crippen LogP contribution in [0.3, 0.4) is 0 Å². The first-order valence-corrected chi connectivity index (χ1v) is 7.60. The van der Waals surface area contributed by atoms with Crippen molar-refractivity contribution in [2.45, 2.75) is 4.90 Å². The summed E-state index contributed by atoms with van der Waals surface area (Å²) in [4.78, 5) is 36.4. The number of fused-ring (bicyclic) bond motifs is 1. The summed E-state index contributed by atoms with van der Waals surface area (Å²) >= 11 is 1.40. The molecule has 0 bridgehead atoms. The topological polar surface area (TPSA) is 75.3 Å². The Bertz CT molecular complexity index is 759. The Morgan fingerprint density at radius 2 is 1.77 bits per heavy atom. The standard InChI is InChI=1S/C16H12N2O3S/c19-13(9-22-10-5-2-1-3-6-10)17-12-8-4-7-11-14(12)16(21)18-15(11)20/h1-8H,9H2,(H,17,19)(H,18,20,21). The van der Waals surface area contributed by atoms with E-state index in [0.717, 1.165) is 4.90 Å². The van der Waals surface area contributed by atoms with E-state index in [1.807, 2.05) is 30.3 Å². The molecule has 6 heteroatoms. The highest BCUT2D eigenvalue weighted by Gasteiger charge is 2.29. The first kappa shape index (κ1) is 14.3. The Balaban J connectivity index is 1.70. The maximum absolute atomic E-state index is 12.0. The number of benzene rings is 2. The summed E-state index contributed by atoms with van der Waals surface area (Å²) in [5.74, 6) is -0.917. The Kier molecular flexibility index (Phi) is 3.93. The third-order valence-corrected chi connectivity index (χ3v) is 4.16. The van der Waals surface area contributed by atoms with Crippen LogP contribution in [0.5, 0.6) is 0 Å². The van der Waals surface area contributed by atoms with Gasteiger partial charge in [0.25, 0.3) is 11.8 Å². The minimum atomic E-state index is -0.480. The van der Waals surface area contributed by atoms with Crippen LogP contribution >= 0.6 is 11.8 Å². The van der Waals surface area contributed by atoms with Gasteiger partial charge in [-0.1, -0.05) is 24.3 Å². The van der Waals surface area contributed by atoms with Crippen molar-refractivity contribution in [1.29, 1.82) is 0 Å². The van der Waals surface area contributed by atoms with E-state index in [1.54, 1.807) is 18.2 Å². The Morgan fingerprint density at radius 3 is 2.55 bits per heavy atom. The molecule has 2 aromatic carbocycles. The highest BCUT2D eigenvalue weighted by molar-refractivity contribution is 8.00. The van der Waals surface area contributed by atoms with Crippen molar-refractivity contribution in [3.8, 4) is 0 Å². The fourth-order valence-corrected chi connectivity index (χ4v) is 2.89. The molecule has 0 fully saturated rings. The van der Waals surface area contributed by atoms with E-state index in [1.165, 1.54) is 11.8 Å². The lowest BCUT2D eigenvalue weighted by Gasteiger charge is -2.08. The molecular weight excluding hydrogens is 300 g/mol. The molecule has 5 nitrogen and oxygen atoms in total. The van der Waals surface area contributed by atoms with Crippen molar-refractivity contribution in [3.63, 3.8) is 0 Å². The van der Waals surface area contributed by atoms with Crippen molar-refractivity contribution < 1.29 is 14.4 Å². The molecule has 0 aromatic heterocycles. The molecule has 0 unspecified atom stereocenters. The van der Waals surface area contributed by atoms with Crippen molar-refractivity contribution in [2.75, 3.05) is 11.1 Å². The van der Waals surface area contributed by atoms with E-state index in [0.29, 0.717) is 11.3 Å². The van der Waals surface area contributed by atoms with E-state index < -0.39 is 11.8 Å². The van der Waals surface area contributed by atoms with Gasteiger partial charge in [0.05, 0.1) is 22.6 Å². The van der Waals surface area contributed by atoms with E-state index >= 15 is 0 Å². The van der Waals surface area contributed by atoms with E-state index in [4.69, 9.17) is 0 Å². The van der Waals surface area contributed by atoms with E-state index in [2.05, 4.69) is 10.6 Å². The van der Waals surface area contributed by atoms with Gasteiger partial charge in [-0.05, 0) is 24.3 Å². The number of nitrogens with one attached hydrogen (secondary N) is 2. The van der Waals surface area contributed by atoms with Crippen LogP contribution in [0, 0.1) is 0 Å². The maximum atomic E-state index is 12.0. The van der Waals surface area contributed by atoms with Crippen molar-refractivity contribution >= 4 is 35.2 Å². The second kappa shape index (κ2) is 6.03. The van der Waals surface area contributed by atoms with Gasteiger partial charge in [-0.2, -0.15) is 0 Å². The minimum Gasteiger partial charge on any atom is -0.325 e. The van der Waals surface area contributed by atoms with Crippen molar-refractivity contribution in [3.05, 3.63) is 59.7 Å². The maximum Gasteiger partial charge on any atom is 0.261 e. The number of thioether (sulfide) groups is 1. The number of imide groups is 1. The zero-order valence-electron chi connectivity index (χ0n) is 11.5. The molecule has 2 aromatic rings. The average molecular weight is 312 g/mol. The molecule has 0 saturated carbocycles. The molecule has 3 rings (SSSR count).